The molecule has 0 fully saturated rings. The molecule has 148 valence electrons. The highest BCUT2D eigenvalue weighted by Crippen LogP contribution is 2.33. The number of hydrogen-bond donors (Lipinski definition) is 1. The average Bonchev–Trinajstić information content (AvgIpc) is 3.36. The van der Waals surface area contributed by atoms with Crippen LogP contribution in [0.5, 0.6) is 11.8 Å². The van der Waals surface area contributed by atoms with E-state index in [2.05, 4.69) is 26.5 Å². The Morgan fingerprint density at radius 2 is 1.93 bits per heavy atom. The van der Waals surface area contributed by atoms with Gasteiger partial charge >= 0.3 is 0 Å². The van der Waals surface area contributed by atoms with E-state index in [9.17, 15) is 0 Å². The summed E-state index contributed by atoms with van der Waals surface area (Å²) < 4.78 is 15.6. The number of aromatic nitrogens is 6. The third-order valence-corrected chi connectivity index (χ3v) is 5.31. The molecule has 2 bridgehead atoms. The molecule has 1 aliphatic heterocycles. The van der Waals surface area contributed by atoms with E-state index in [1.807, 2.05) is 56.2 Å². The van der Waals surface area contributed by atoms with Gasteiger partial charge in [-0.25, -0.2) is 4.68 Å². The van der Waals surface area contributed by atoms with Crippen molar-refractivity contribution < 1.29 is 9.47 Å². The lowest BCUT2D eigenvalue weighted by atomic mass is 10.1. The summed E-state index contributed by atoms with van der Waals surface area (Å²) in [7, 11) is 3.81. The van der Waals surface area contributed by atoms with Crippen molar-refractivity contribution in [3.8, 4) is 22.9 Å². The first-order valence-electron chi connectivity index (χ1n) is 9.59. The Kier molecular flexibility index (Phi) is 4.12. The van der Waals surface area contributed by atoms with E-state index < -0.39 is 0 Å². The van der Waals surface area contributed by atoms with Gasteiger partial charge in [-0.3, -0.25) is 9.78 Å². The summed E-state index contributed by atoms with van der Waals surface area (Å²) in [5.41, 5.74) is 5.85. The number of nitrogens with one attached hydrogen (secondary N) is 1. The van der Waals surface area contributed by atoms with Crippen molar-refractivity contribution in [1.82, 2.24) is 29.8 Å². The molecule has 5 rings (SSSR count). The fourth-order valence-corrected chi connectivity index (χ4v) is 3.58. The van der Waals surface area contributed by atoms with Crippen LogP contribution in [-0.2, 0) is 14.1 Å². The second-order valence-corrected chi connectivity index (χ2v) is 7.17. The summed E-state index contributed by atoms with van der Waals surface area (Å²) in [6, 6.07) is 6.18. The molecule has 4 heterocycles. The van der Waals surface area contributed by atoms with Crippen molar-refractivity contribution in [3.63, 3.8) is 0 Å². The summed E-state index contributed by atoms with van der Waals surface area (Å²) in [5.74, 6) is 1.37. The first kappa shape index (κ1) is 17.5. The van der Waals surface area contributed by atoms with E-state index >= 15 is 0 Å². The Balaban J connectivity index is 1.67. The second-order valence-electron chi connectivity index (χ2n) is 7.17. The van der Waals surface area contributed by atoms with Crippen LogP contribution in [0.15, 0.2) is 24.4 Å². The molecule has 0 aliphatic carbocycles. The SMILES string of the molecule is Cc1c2c(nn1C)OCCCOc1c(cnn1C)-c1ccc3n[nH]c(c3c1)/C=C/2. The van der Waals surface area contributed by atoms with Crippen LogP contribution < -0.4 is 9.47 Å². The molecule has 29 heavy (non-hydrogen) atoms. The maximum atomic E-state index is 6.05. The summed E-state index contributed by atoms with van der Waals surface area (Å²) >= 11 is 0. The molecule has 0 saturated heterocycles. The van der Waals surface area contributed by atoms with Crippen molar-refractivity contribution in [2.75, 3.05) is 13.2 Å². The molecule has 1 aliphatic rings. The smallest absolute Gasteiger partial charge is 0.240 e. The lowest BCUT2D eigenvalue weighted by Gasteiger charge is -2.09. The van der Waals surface area contributed by atoms with Gasteiger partial charge in [-0.05, 0) is 36.8 Å². The summed E-state index contributed by atoms with van der Waals surface area (Å²) in [6.07, 6.45) is 6.63. The van der Waals surface area contributed by atoms with Crippen LogP contribution in [0.1, 0.15) is 23.4 Å². The highest BCUT2D eigenvalue weighted by molar-refractivity contribution is 5.93. The van der Waals surface area contributed by atoms with Crippen LogP contribution in [0.4, 0.5) is 0 Å². The number of benzene rings is 1. The molecule has 0 radical (unpaired) electrons. The Morgan fingerprint density at radius 3 is 2.83 bits per heavy atom. The number of aryl methyl sites for hydroxylation is 2. The minimum Gasteiger partial charge on any atom is -0.477 e. The third-order valence-electron chi connectivity index (χ3n) is 5.31. The lowest BCUT2D eigenvalue weighted by Crippen LogP contribution is -2.08. The number of rotatable bonds is 0. The van der Waals surface area contributed by atoms with Crippen LogP contribution in [0.2, 0.25) is 0 Å². The highest BCUT2D eigenvalue weighted by Gasteiger charge is 2.16. The molecule has 8 heteroatoms. The molecule has 0 saturated carbocycles. The molecular formula is C21H22N6O2. The molecule has 3 aromatic heterocycles. The second kappa shape index (κ2) is 6.80. The van der Waals surface area contributed by atoms with Gasteiger partial charge in [-0.15, -0.1) is 5.10 Å². The van der Waals surface area contributed by atoms with E-state index in [1.54, 1.807) is 4.68 Å². The topological polar surface area (TPSA) is 82.8 Å². The van der Waals surface area contributed by atoms with E-state index in [1.165, 1.54) is 0 Å². The lowest BCUT2D eigenvalue weighted by molar-refractivity contribution is 0.231. The third kappa shape index (κ3) is 2.97. The van der Waals surface area contributed by atoms with Crippen LogP contribution in [-0.4, -0.2) is 43.0 Å². The molecule has 1 N–H and O–H groups in total. The van der Waals surface area contributed by atoms with Crippen LogP contribution >= 0.6 is 0 Å². The maximum Gasteiger partial charge on any atom is 0.240 e. The zero-order valence-electron chi connectivity index (χ0n) is 16.6. The van der Waals surface area contributed by atoms with Gasteiger partial charge in [0.15, 0.2) is 0 Å². The van der Waals surface area contributed by atoms with Gasteiger partial charge in [-0.1, -0.05) is 6.07 Å². The van der Waals surface area contributed by atoms with Crippen LogP contribution in [0.3, 0.4) is 0 Å². The number of hydrogen-bond acceptors (Lipinski definition) is 5. The average molecular weight is 390 g/mol. The van der Waals surface area contributed by atoms with Crippen molar-refractivity contribution in [2.24, 2.45) is 14.1 Å². The quantitative estimate of drug-likeness (QED) is 0.498. The van der Waals surface area contributed by atoms with Gasteiger partial charge in [0.25, 0.3) is 0 Å². The zero-order chi connectivity index (χ0) is 20.0. The minimum absolute atomic E-state index is 0.520. The van der Waals surface area contributed by atoms with Gasteiger partial charge in [-0.2, -0.15) is 10.2 Å². The van der Waals surface area contributed by atoms with E-state index in [4.69, 9.17) is 9.47 Å². The van der Waals surface area contributed by atoms with Crippen molar-refractivity contribution in [2.45, 2.75) is 13.3 Å². The molecule has 8 nitrogen and oxygen atoms in total. The zero-order valence-corrected chi connectivity index (χ0v) is 16.6. The predicted octanol–water partition coefficient (Wildman–Crippen LogP) is 3.34. The summed E-state index contributed by atoms with van der Waals surface area (Å²) in [4.78, 5) is 0. The highest BCUT2D eigenvalue weighted by atomic mass is 16.5. The molecule has 1 aromatic carbocycles. The minimum atomic E-state index is 0.520. The molecule has 4 aromatic rings. The number of fused-ring (bicyclic) bond motifs is 4. The van der Waals surface area contributed by atoms with Gasteiger partial charge in [0.1, 0.15) is 0 Å². The van der Waals surface area contributed by atoms with Crippen LogP contribution in [0, 0.1) is 6.92 Å². The van der Waals surface area contributed by atoms with Gasteiger partial charge in [0.2, 0.25) is 11.8 Å². The Hall–Kier alpha value is -3.55. The normalized spacial score (nSPS) is 15.1. The van der Waals surface area contributed by atoms with Crippen LogP contribution in [0.25, 0.3) is 34.2 Å². The summed E-state index contributed by atoms with van der Waals surface area (Å²) in [6.45, 7) is 3.08. The standard InChI is InChI=1S/C21H22N6O2/c1-13-15-6-8-19-16-11-14(5-7-18(16)23-24-19)17-12-22-27(3)21(17)29-10-4-9-28-20(15)25-26(13)2/h5-8,11-12H,4,9-10H2,1-3H3,(H,23,24)/b8-6+. The first-order valence-corrected chi connectivity index (χ1v) is 9.59. The van der Waals surface area contributed by atoms with Crippen molar-refractivity contribution in [1.29, 1.82) is 0 Å². The Labute approximate surface area is 167 Å². The molecule has 0 amide bonds. The van der Waals surface area contributed by atoms with E-state index in [0.29, 0.717) is 19.1 Å². The van der Waals surface area contributed by atoms with E-state index in [-0.39, 0.29) is 0 Å². The van der Waals surface area contributed by atoms with E-state index in [0.717, 1.165) is 51.3 Å². The van der Waals surface area contributed by atoms with Gasteiger partial charge in [0, 0.05) is 31.6 Å². The number of ether oxygens (including phenoxy) is 2. The Bertz CT molecular complexity index is 1230. The predicted molar refractivity (Wildman–Crippen MR) is 111 cm³/mol. The molecule has 0 spiro atoms. The Morgan fingerprint density at radius 1 is 1.07 bits per heavy atom. The fourth-order valence-electron chi connectivity index (χ4n) is 3.58. The largest absolute Gasteiger partial charge is 0.477 e. The van der Waals surface area contributed by atoms with Crippen molar-refractivity contribution >= 4 is 23.1 Å². The number of nitrogens with zero attached hydrogens (tertiary/aromatic N) is 5. The first-order chi connectivity index (χ1) is 14.1. The van der Waals surface area contributed by atoms with Crippen molar-refractivity contribution in [3.05, 3.63) is 41.3 Å². The summed E-state index contributed by atoms with van der Waals surface area (Å²) in [5, 5.41) is 17.5. The molecule has 0 atom stereocenters. The number of H-pyrrole nitrogens is 1. The fraction of sp³-hybridized carbons (Fsp3) is 0.286. The van der Waals surface area contributed by atoms with Gasteiger partial charge in [0.05, 0.1) is 41.7 Å². The van der Waals surface area contributed by atoms with Gasteiger partial charge < -0.3 is 9.47 Å². The monoisotopic (exact) mass is 390 g/mol. The maximum absolute atomic E-state index is 6.05. The number of aromatic amines is 1. The molecular weight excluding hydrogens is 368 g/mol. The molecule has 0 unspecified atom stereocenters.